The highest BCUT2D eigenvalue weighted by atomic mass is 28.4. The molecule has 21 heavy (non-hydrogen) atoms. The van der Waals surface area contributed by atoms with Crippen molar-refractivity contribution in [1.82, 2.24) is 0 Å². The van der Waals surface area contributed by atoms with Crippen molar-refractivity contribution >= 4 is 18.9 Å². The second-order valence-electron chi connectivity index (χ2n) is 5.21. The SMILES string of the molecule is CCO[Si](OCC)(c1ccc(C)cc1)c1ccc(C)cc1. The molecule has 0 aromatic heterocycles. The van der Waals surface area contributed by atoms with E-state index in [1.54, 1.807) is 0 Å². The van der Waals surface area contributed by atoms with Gasteiger partial charge < -0.3 is 8.85 Å². The number of hydrogen-bond acceptors (Lipinski definition) is 2. The van der Waals surface area contributed by atoms with E-state index in [-0.39, 0.29) is 0 Å². The fourth-order valence-electron chi connectivity index (χ4n) is 2.49. The minimum absolute atomic E-state index is 0.647. The van der Waals surface area contributed by atoms with E-state index in [4.69, 9.17) is 8.85 Å². The van der Waals surface area contributed by atoms with E-state index in [1.807, 2.05) is 13.8 Å². The molecule has 0 aliphatic carbocycles. The molecule has 2 nitrogen and oxygen atoms in total. The van der Waals surface area contributed by atoms with Crippen molar-refractivity contribution in [2.24, 2.45) is 0 Å². The van der Waals surface area contributed by atoms with Crippen LogP contribution in [0.4, 0.5) is 0 Å². The van der Waals surface area contributed by atoms with Gasteiger partial charge in [0.25, 0.3) is 0 Å². The van der Waals surface area contributed by atoms with Crippen molar-refractivity contribution in [3.8, 4) is 0 Å². The van der Waals surface area contributed by atoms with Crippen molar-refractivity contribution in [3.05, 3.63) is 59.7 Å². The predicted molar refractivity (Wildman–Crippen MR) is 90.6 cm³/mol. The Morgan fingerprint density at radius 3 is 1.29 bits per heavy atom. The monoisotopic (exact) mass is 300 g/mol. The average Bonchev–Trinajstić information content (AvgIpc) is 2.48. The van der Waals surface area contributed by atoms with Gasteiger partial charge in [0.15, 0.2) is 0 Å². The molecule has 112 valence electrons. The summed E-state index contributed by atoms with van der Waals surface area (Å²) in [4.78, 5) is 0. The van der Waals surface area contributed by atoms with E-state index in [0.717, 1.165) is 0 Å². The van der Waals surface area contributed by atoms with Gasteiger partial charge in [-0.1, -0.05) is 59.7 Å². The lowest BCUT2D eigenvalue weighted by molar-refractivity contribution is 0.208. The standard InChI is InChI=1S/C18H24O2Si/c1-5-19-21(20-6-2,17-11-7-15(3)8-12-17)18-13-9-16(4)10-14-18/h7-14H,5-6H2,1-4H3. The topological polar surface area (TPSA) is 18.5 Å². The van der Waals surface area contributed by atoms with Gasteiger partial charge in [-0.2, -0.15) is 0 Å². The Morgan fingerprint density at radius 1 is 0.667 bits per heavy atom. The van der Waals surface area contributed by atoms with Crippen molar-refractivity contribution in [2.45, 2.75) is 27.7 Å². The lowest BCUT2D eigenvalue weighted by Gasteiger charge is -2.30. The summed E-state index contributed by atoms with van der Waals surface area (Å²) in [6.07, 6.45) is 0. The van der Waals surface area contributed by atoms with Crippen LogP contribution in [0.15, 0.2) is 48.5 Å². The molecule has 0 saturated carbocycles. The maximum absolute atomic E-state index is 6.24. The summed E-state index contributed by atoms with van der Waals surface area (Å²) in [5.41, 5.74) is 2.50. The van der Waals surface area contributed by atoms with E-state index < -0.39 is 8.56 Å². The molecule has 0 aliphatic rings. The van der Waals surface area contributed by atoms with Crippen molar-refractivity contribution in [1.29, 1.82) is 0 Å². The van der Waals surface area contributed by atoms with E-state index in [2.05, 4.69) is 62.4 Å². The maximum atomic E-state index is 6.24. The summed E-state index contributed by atoms with van der Waals surface area (Å²) in [5.74, 6) is 0. The van der Waals surface area contributed by atoms with Gasteiger partial charge in [-0.25, -0.2) is 0 Å². The van der Waals surface area contributed by atoms with Gasteiger partial charge in [-0.05, 0) is 38.1 Å². The molecule has 0 spiro atoms. The molecule has 2 aromatic rings. The van der Waals surface area contributed by atoms with Crippen molar-refractivity contribution < 1.29 is 8.85 Å². The Labute approximate surface area is 129 Å². The highest BCUT2D eigenvalue weighted by molar-refractivity contribution is 6.92. The van der Waals surface area contributed by atoms with Gasteiger partial charge in [0.2, 0.25) is 0 Å². The average molecular weight is 300 g/mol. The highest BCUT2D eigenvalue weighted by Crippen LogP contribution is 2.11. The lowest BCUT2D eigenvalue weighted by atomic mass is 10.2. The van der Waals surface area contributed by atoms with Crippen molar-refractivity contribution in [2.75, 3.05) is 13.2 Å². The molecule has 0 heterocycles. The molecule has 2 rings (SSSR count). The minimum Gasteiger partial charge on any atom is -0.388 e. The van der Waals surface area contributed by atoms with Crippen LogP contribution < -0.4 is 10.4 Å². The summed E-state index contributed by atoms with van der Waals surface area (Å²) < 4.78 is 12.5. The molecule has 2 aromatic carbocycles. The Bertz CT molecular complexity index is 507. The van der Waals surface area contributed by atoms with Crippen LogP contribution in [0.2, 0.25) is 0 Å². The first-order chi connectivity index (χ1) is 10.1. The molecule has 0 unspecified atom stereocenters. The van der Waals surface area contributed by atoms with Crippen LogP contribution in [0.5, 0.6) is 0 Å². The maximum Gasteiger partial charge on any atom is 0.407 e. The van der Waals surface area contributed by atoms with Crippen LogP contribution in [0.25, 0.3) is 0 Å². The summed E-state index contributed by atoms with van der Waals surface area (Å²) in [7, 11) is -2.59. The minimum atomic E-state index is -2.59. The molecule has 3 heteroatoms. The Kier molecular flexibility index (Phi) is 5.34. The van der Waals surface area contributed by atoms with Gasteiger partial charge in [0.05, 0.1) is 0 Å². The van der Waals surface area contributed by atoms with Crippen LogP contribution >= 0.6 is 0 Å². The third kappa shape index (κ3) is 3.43. The van der Waals surface area contributed by atoms with Crippen LogP contribution in [-0.4, -0.2) is 21.8 Å². The summed E-state index contributed by atoms with van der Waals surface area (Å²) in [6.45, 7) is 9.55. The number of rotatable bonds is 6. The van der Waals surface area contributed by atoms with Gasteiger partial charge >= 0.3 is 8.56 Å². The van der Waals surface area contributed by atoms with Gasteiger partial charge in [-0.15, -0.1) is 0 Å². The summed E-state index contributed by atoms with van der Waals surface area (Å²) in [5, 5.41) is 2.33. The largest absolute Gasteiger partial charge is 0.407 e. The zero-order valence-electron chi connectivity index (χ0n) is 13.3. The van der Waals surface area contributed by atoms with Crippen LogP contribution in [-0.2, 0) is 8.85 Å². The number of hydrogen-bond donors (Lipinski definition) is 0. The summed E-state index contributed by atoms with van der Waals surface area (Å²) >= 11 is 0. The van der Waals surface area contributed by atoms with Gasteiger partial charge in [-0.3, -0.25) is 0 Å². The third-order valence-corrected chi connectivity index (χ3v) is 7.14. The van der Waals surface area contributed by atoms with Crippen molar-refractivity contribution in [3.63, 3.8) is 0 Å². The number of aryl methyl sites for hydroxylation is 2. The Hall–Kier alpha value is -1.42. The third-order valence-electron chi connectivity index (χ3n) is 3.56. The van der Waals surface area contributed by atoms with E-state index in [1.165, 1.54) is 21.5 Å². The lowest BCUT2D eigenvalue weighted by Crippen LogP contribution is -2.63. The van der Waals surface area contributed by atoms with E-state index >= 15 is 0 Å². The normalized spacial score (nSPS) is 11.6. The second kappa shape index (κ2) is 7.03. The first-order valence-electron chi connectivity index (χ1n) is 7.54. The predicted octanol–water partition coefficient (Wildman–Crippen LogP) is 2.93. The molecular formula is C18H24O2Si. The smallest absolute Gasteiger partial charge is 0.388 e. The molecule has 0 N–H and O–H groups in total. The fraction of sp³-hybridized carbons (Fsp3) is 0.333. The molecule has 0 radical (unpaired) electrons. The zero-order valence-corrected chi connectivity index (χ0v) is 14.3. The van der Waals surface area contributed by atoms with E-state index in [9.17, 15) is 0 Å². The Balaban J connectivity index is 2.56. The molecule has 0 aliphatic heterocycles. The van der Waals surface area contributed by atoms with Crippen LogP contribution in [0.1, 0.15) is 25.0 Å². The highest BCUT2D eigenvalue weighted by Gasteiger charge is 2.42. The fourth-order valence-corrected chi connectivity index (χ4v) is 5.60. The van der Waals surface area contributed by atoms with Crippen LogP contribution in [0, 0.1) is 13.8 Å². The molecule has 0 saturated heterocycles. The quantitative estimate of drug-likeness (QED) is 0.764. The zero-order chi connectivity index (χ0) is 15.3. The van der Waals surface area contributed by atoms with E-state index in [0.29, 0.717) is 13.2 Å². The second-order valence-corrected chi connectivity index (χ2v) is 8.18. The molecule has 0 amide bonds. The molecular weight excluding hydrogens is 276 g/mol. The van der Waals surface area contributed by atoms with Crippen LogP contribution in [0.3, 0.4) is 0 Å². The van der Waals surface area contributed by atoms with Gasteiger partial charge in [0.1, 0.15) is 0 Å². The van der Waals surface area contributed by atoms with Gasteiger partial charge in [0, 0.05) is 13.2 Å². The first kappa shape index (κ1) is 16.0. The molecule has 0 fully saturated rings. The number of benzene rings is 2. The Morgan fingerprint density at radius 2 is 1.00 bits per heavy atom. The summed E-state index contributed by atoms with van der Waals surface area (Å²) in [6, 6.07) is 17.1. The molecule has 0 bridgehead atoms. The molecule has 0 atom stereocenters. The first-order valence-corrected chi connectivity index (χ1v) is 9.36.